The molecule has 14 heavy (non-hydrogen) atoms. The maximum atomic E-state index is 13.3. The Bertz CT molecular complexity index is 352. The summed E-state index contributed by atoms with van der Waals surface area (Å²) in [6.45, 7) is 3.49. The minimum atomic E-state index is -0.318. The van der Waals surface area contributed by atoms with Crippen LogP contribution in [0.4, 0.5) is 4.39 Å². The van der Waals surface area contributed by atoms with E-state index in [0.717, 1.165) is 17.6 Å². The Morgan fingerprint density at radius 2 is 2.21 bits per heavy atom. The van der Waals surface area contributed by atoms with Gasteiger partial charge in [0.1, 0.15) is 5.60 Å². The lowest BCUT2D eigenvalue weighted by atomic mass is 10.00. The highest BCUT2D eigenvalue weighted by molar-refractivity contribution is 9.10. The highest BCUT2D eigenvalue weighted by atomic mass is 79.9. The molecule has 0 atom stereocenters. The third-order valence-electron chi connectivity index (χ3n) is 2.25. The zero-order chi connectivity index (χ0) is 10.2. The van der Waals surface area contributed by atoms with Gasteiger partial charge in [-0.25, -0.2) is 4.39 Å². The Labute approximate surface area is 90.6 Å². The first-order valence-corrected chi connectivity index (χ1v) is 5.23. The molecule has 0 radical (unpaired) electrons. The molecule has 1 aromatic carbocycles. The Kier molecular flexibility index (Phi) is 2.49. The molecule has 1 aliphatic rings. The maximum Gasteiger partial charge on any atom is 0.165 e. The molecule has 0 saturated carbocycles. The largest absolute Gasteiger partial charge is 0.482 e. The lowest BCUT2D eigenvalue weighted by Gasteiger charge is -2.39. The van der Waals surface area contributed by atoms with Crippen molar-refractivity contribution in [2.24, 2.45) is 0 Å². The zero-order valence-electron chi connectivity index (χ0n) is 7.81. The van der Waals surface area contributed by atoms with Gasteiger partial charge in [-0.1, -0.05) is 15.9 Å². The molecule has 0 aliphatic carbocycles. The number of rotatable bonds is 2. The summed E-state index contributed by atoms with van der Waals surface area (Å²) < 4.78 is 19.7. The van der Waals surface area contributed by atoms with Gasteiger partial charge >= 0.3 is 0 Å². The molecule has 0 amide bonds. The number of benzene rings is 1. The molecule has 1 aliphatic heterocycles. The third-order valence-corrected chi connectivity index (χ3v) is 2.74. The zero-order valence-corrected chi connectivity index (χ0v) is 9.40. The molecule has 4 heteroatoms. The van der Waals surface area contributed by atoms with Crippen molar-refractivity contribution in [2.75, 3.05) is 13.1 Å². The van der Waals surface area contributed by atoms with Crippen LogP contribution in [0.5, 0.6) is 5.75 Å². The van der Waals surface area contributed by atoms with E-state index in [2.05, 4.69) is 21.2 Å². The molecule has 0 bridgehead atoms. The second-order valence-electron chi connectivity index (χ2n) is 3.73. The molecule has 2 nitrogen and oxygen atoms in total. The van der Waals surface area contributed by atoms with Gasteiger partial charge in [-0.05, 0) is 25.1 Å². The molecule has 1 aromatic rings. The molecule has 0 spiro atoms. The molecule has 1 N–H and O–H groups in total. The van der Waals surface area contributed by atoms with Crippen molar-refractivity contribution in [1.29, 1.82) is 0 Å². The predicted molar refractivity (Wildman–Crippen MR) is 56.0 cm³/mol. The average molecular weight is 260 g/mol. The van der Waals surface area contributed by atoms with Gasteiger partial charge in [0.25, 0.3) is 0 Å². The van der Waals surface area contributed by atoms with Crippen molar-refractivity contribution >= 4 is 15.9 Å². The van der Waals surface area contributed by atoms with Gasteiger partial charge < -0.3 is 10.1 Å². The topological polar surface area (TPSA) is 21.3 Å². The first-order valence-electron chi connectivity index (χ1n) is 4.44. The van der Waals surface area contributed by atoms with E-state index >= 15 is 0 Å². The number of halogens is 2. The molecule has 1 saturated heterocycles. The Morgan fingerprint density at radius 3 is 2.79 bits per heavy atom. The van der Waals surface area contributed by atoms with Crippen molar-refractivity contribution in [3.63, 3.8) is 0 Å². The Hall–Kier alpha value is -0.610. The smallest absolute Gasteiger partial charge is 0.165 e. The van der Waals surface area contributed by atoms with E-state index in [4.69, 9.17) is 4.74 Å². The summed E-state index contributed by atoms with van der Waals surface area (Å²) in [5.41, 5.74) is -0.262. The van der Waals surface area contributed by atoms with E-state index in [1.165, 1.54) is 6.07 Å². The third kappa shape index (κ3) is 1.91. The van der Waals surface area contributed by atoms with Crippen LogP contribution in [0.15, 0.2) is 22.7 Å². The van der Waals surface area contributed by atoms with E-state index in [9.17, 15) is 4.39 Å². The number of ether oxygens (including phenoxy) is 1. The van der Waals surface area contributed by atoms with E-state index in [1.807, 2.05) is 6.92 Å². The first kappa shape index (κ1) is 9.93. The second-order valence-corrected chi connectivity index (χ2v) is 4.65. The van der Waals surface area contributed by atoms with E-state index in [0.29, 0.717) is 5.75 Å². The van der Waals surface area contributed by atoms with Crippen molar-refractivity contribution in [2.45, 2.75) is 12.5 Å². The standard InChI is InChI=1S/C10H11BrFNO/c1-10(5-13-6-10)14-9-4-7(11)2-3-8(9)12/h2-4,13H,5-6H2,1H3. The van der Waals surface area contributed by atoms with Crippen LogP contribution in [0.2, 0.25) is 0 Å². The second kappa shape index (κ2) is 3.51. The van der Waals surface area contributed by atoms with Crippen molar-refractivity contribution in [1.82, 2.24) is 5.32 Å². The summed E-state index contributed by atoms with van der Waals surface area (Å²) in [6, 6.07) is 4.71. The van der Waals surface area contributed by atoms with E-state index < -0.39 is 0 Å². The van der Waals surface area contributed by atoms with Gasteiger partial charge in [0.2, 0.25) is 0 Å². The van der Waals surface area contributed by atoms with Crippen LogP contribution < -0.4 is 10.1 Å². The molecule has 1 fully saturated rings. The first-order chi connectivity index (χ1) is 6.59. The summed E-state index contributed by atoms with van der Waals surface area (Å²) >= 11 is 3.28. The molecule has 0 aromatic heterocycles. The highest BCUT2D eigenvalue weighted by Gasteiger charge is 2.34. The normalized spacial score (nSPS) is 18.8. The fourth-order valence-electron chi connectivity index (χ4n) is 1.37. The Balaban J connectivity index is 2.19. The van der Waals surface area contributed by atoms with Crippen LogP contribution in [0.1, 0.15) is 6.92 Å². The van der Waals surface area contributed by atoms with Gasteiger partial charge in [-0.2, -0.15) is 0 Å². The van der Waals surface area contributed by atoms with E-state index in [-0.39, 0.29) is 11.4 Å². The number of nitrogens with one attached hydrogen (secondary N) is 1. The average Bonchev–Trinajstić information content (AvgIpc) is 2.09. The molecule has 0 unspecified atom stereocenters. The van der Waals surface area contributed by atoms with Crippen molar-refractivity contribution < 1.29 is 9.13 Å². The molecular weight excluding hydrogens is 249 g/mol. The lowest BCUT2D eigenvalue weighted by Crippen LogP contribution is -2.61. The van der Waals surface area contributed by atoms with Gasteiger partial charge in [0.15, 0.2) is 11.6 Å². The van der Waals surface area contributed by atoms with Crippen LogP contribution in [0.3, 0.4) is 0 Å². The molecular formula is C10H11BrFNO. The minimum Gasteiger partial charge on any atom is -0.482 e. The fraction of sp³-hybridized carbons (Fsp3) is 0.400. The molecule has 2 rings (SSSR count). The van der Waals surface area contributed by atoms with Crippen molar-refractivity contribution in [3.8, 4) is 5.75 Å². The maximum absolute atomic E-state index is 13.3. The summed E-state index contributed by atoms with van der Waals surface area (Å²) in [4.78, 5) is 0. The van der Waals surface area contributed by atoms with Crippen molar-refractivity contribution in [3.05, 3.63) is 28.5 Å². The fourth-order valence-corrected chi connectivity index (χ4v) is 1.71. The van der Waals surface area contributed by atoms with Crippen LogP contribution in [0.25, 0.3) is 0 Å². The highest BCUT2D eigenvalue weighted by Crippen LogP contribution is 2.27. The quantitative estimate of drug-likeness (QED) is 0.881. The van der Waals surface area contributed by atoms with Gasteiger partial charge in [0.05, 0.1) is 0 Å². The van der Waals surface area contributed by atoms with Gasteiger partial charge in [-0.3, -0.25) is 0 Å². The Morgan fingerprint density at radius 1 is 1.50 bits per heavy atom. The number of hydrogen-bond donors (Lipinski definition) is 1. The molecule has 1 heterocycles. The van der Waals surface area contributed by atoms with E-state index in [1.54, 1.807) is 12.1 Å². The summed E-state index contributed by atoms with van der Waals surface area (Å²) in [5.74, 6) is -0.00954. The van der Waals surface area contributed by atoms with Gasteiger partial charge in [-0.15, -0.1) is 0 Å². The van der Waals surface area contributed by atoms with Crippen LogP contribution in [-0.2, 0) is 0 Å². The van der Waals surface area contributed by atoms with Crippen LogP contribution in [-0.4, -0.2) is 18.7 Å². The predicted octanol–water partition coefficient (Wildman–Crippen LogP) is 2.33. The monoisotopic (exact) mass is 259 g/mol. The SMILES string of the molecule is CC1(Oc2cc(Br)ccc2F)CNC1. The number of hydrogen-bond acceptors (Lipinski definition) is 2. The summed E-state index contributed by atoms with van der Waals surface area (Å²) in [7, 11) is 0. The minimum absolute atomic E-state index is 0.262. The van der Waals surface area contributed by atoms with Gasteiger partial charge in [0, 0.05) is 17.6 Å². The van der Waals surface area contributed by atoms with Crippen LogP contribution in [0, 0.1) is 5.82 Å². The van der Waals surface area contributed by atoms with Crippen LogP contribution >= 0.6 is 15.9 Å². The lowest BCUT2D eigenvalue weighted by molar-refractivity contribution is 0.0311. The summed E-state index contributed by atoms with van der Waals surface area (Å²) in [6.07, 6.45) is 0. The molecule has 76 valence electrons. The summed E-state index contributed by atoms with van der Waals surface area (Å²) in [5, 5.41) is 3.10.